The lowest BCUT2D eigenvalue weighted by Gasteiger charge is -2.11. The van der Waals surface area contributed by atoms with Gasteiger partial charge in [0.1, 0.15) is 5.82 Å². The molecule has 0 aliphatic heterocycles. The fraction of sp³-hybridized carbons (Fsp3) is 0.111. The van der Waals surface area contributed by atoms with Crippen molar-refractivity contribution in [2.45, 2.75) is 0 Å². The Labute approximate surface area is 130 Å². The van der Waals surface area contributed by atoms with Gasteiger partial charge in [-0.1, -0.05) is 30.3 Å². The highest BCUT2D eigenvalue weighted by Crippen LogP contribution is 2.14. The molecule has 0 unspecified atom stereocenters. The number of pyridine rings is 1. The van der Waals surface area contributed by atoms with E-state index >= 15 is 0 Å². The smallest absolute Gasteiger partial charge is 0.146 e. The largest absolute Gasteiger partial charge is 0.378 e. The van der Waals surface area contributed by atoms with Crippen molar-refractivity contribution in [1.82, 2.24) is 4.98 Å². The van der Waals surface area contributed by atoms with E-state index in [-0.39, 0.29) is 0 Å². The number of nitrogens with zero attached hydrogens (tertiary/aromatic N) is 3. The third-order valence-corrected chi connectivity index (χ3v) is 3.40. The van der Waals surface area contributed by atoms with Crippen LogP contribution in [0, 0.1) is 0 Å². The van der Waals surface area contributed by atoms with Crippen molar-refractivity contribution >= 4 is 28.6 Å². The van der Waals surface area contributed by atoms with Crippen molar-refractivity contribution in [1.29, 1.82) is 0 Å². The van der Waals surface area contributed by atoms with Crippen LogP contribution in [-0.4, -0.2) is 25.3 Å². The number of fused-ring (bicyclic) bond motifs is 1. The van der Waals surface area contributed by atoms with E-state index in [9.17, 15) is 0 Å². The van der Waals surface area contributed by atoms with Gasteiger partial charge in [0.25, 0.3) is 0 Å². The third-order valence-electron chi connectivity index (χ3n) is 3.40. The lowest BCUT2D eigenvalue weighted by molar-refractivity contribution is 1.13. The van der Waals surface area contributed by atoms with Gasteiger partial charge in [0, 0.05) is 25.2 Å². The van der Waals surface area contributed by atoms with Crippen LogP contribution in [0.5, 0.6) is 0 Å². The normalized spacial score (nSPS) is 11.0. The van der Waals surface area contributed by atoms with Crippen molar-refractivity contribution in [3.63, 3.8) is 0 Å². The molecule has 0 atom stereocenters. The number of para-hydroxylation sites is 1. The maximum Gasteiger partial charge on any atom is 0.146 e. The molecule has 110 valence electrons. The third kappa shape index (κ3) is 3.23. The summed E-state index contributed by atoms with van der Waals surface area (Å²) in [5, 5.41) is 5.36. The highest BCUT2D eigenvalue weighted by atomic mass is 15.3. The minimum Gasteiger partial charge on any atom is -0.378 e. The van der Waals surface area contributed by atoms with Crippen LogP contribution < -0.4 is 10.3 Å². The van der Waals surface area contributed by atoms with Gasteiger partial charge in [-0.05, 0) is 35.9 Å². The molecule has 0 radical (unpaired) electrons. The number of rotatable bonds is 4. The van der Waals surface area contributed by atoms with E-state index < -0.39 is 0 Å². The summed E-state index contributed by atoms with van der Waals surface area (Å²) in [6.07, 6.45) is 1.79. The first-order chi connectivity index (χ1) is 10.7. The predicted molar refractivity (Wildman–Crippen MR) is 93.7 cm³/mol. The highest BCUT2D eigenvalue weighted by Gasteiger charge is 1.96. The van der Waals surface area contributed by atoms with Gasteiger partial charge >= 0.3 is 0 Å². The van der Waals surface area contributed by atoms with E-state index in [2.05, 4.69) is 32.5 Å². The van der Waals surface area contributed by atoms with Crippen LogP contribution >= 0.6 is 0 Å². The summed E-state index contributed by atoms with van der Waals surface area (Å²) in [7, 11) is 4.05. The van der Waals surface area contributed by atoms with E-state index in [1.165, 1.54) is 5.69 Å². The molecule has 4 nitrogen and oxygen atoms in total. The molecule has 1 heterocycles. The second-order valence-electron chi connectivity index (χ2n) is 5.25. The molecule has 0 aliphatic rings. The van der Waals surface area contributed by atoms with Crippen LogP contribution in [0.1, 0.15) is 5.56 Å². The molecule has 0 saturated heterocycles. The van der Waals surface area contributed by atoms with Gasteiger partial charge in [0.2, 0.25) is 0 Å². The first kappa shape index (κ1) is 14.1. The zero-order valence-electron chi connectivity index (χ0n) is 12.7. The van der Waals surface area contributed by atoms with E-state index in [1.807, 2.05) is 62.6 Å². The summed E-state index contributed by atoms with van der Waals surface area (Å²) in [6, 6.07) is 20.2. The molecule has 0 amide bonds. The molecule has 3 rings (SSSR count). The highest BCUT2D eigenvalue weighted by molar-refractivity contribution is 5.82. The Kier molecular flexibility index (Phi) is 4.01. The van der Waals surface area contributed by atoms with Crippen molar-refractivity contribution in [3.8, 4) is 0 Å². The number of hydrazone groups is 1. The van der Waals surface area contributed by atoms with Gasteiger partial charge in [-0.15, -0.1) is 0 Å². The second-order valence-corrected chi connectivity index (χ2v) is 5.25. The van der Waals surface area contributed by atoms with E-state index in [4.69, 9.17) is 0 Å². The van der Waals surface area contributed by atoms with Gasteiger partial charge < -0.3 is 4.90 Å². The van der Waals surface area contributed by atoms with Crippen LogP contribution in [-0.2, 0) is 0 Å². The van der Waals surface area contributed by atoms with Crippen LogP contribution in [0.15, 0.2) is 65.8 Å². The molecule has 0 spiro atoms. The van der Waals surface area contributed by atoms with Crippen LogP contribution in [0.4, 0.5) is 11.5 Å². The van der Waals surface area contributed by atoms with Crippen molar-refractivity contribution < 1.29 is 0 Å². The molecule has 2 aromatic carbocycles. The maximum absolute atomic E-state index is 4.51. The van der Waals surface area contributed by atoms with Crippen molar-refractivity contribution in [2.75, 3.05) is 24.4 Å². The molecule has 0 fully saturated rings. The number of anilines is 2. The molecule has 22 heavy (non-hydrogen) atoms. The first-order valence-electron chi connectivity index (χ1n) is 7.15. The fourth-order valence-electron chi connectivity index (χ4n) is 2.16. The Bertz CT molecular complexity index is 792. The number of hydrogen-bond acceptors (Lipinski definition) is 4. The molecule has 1 aromatic heterocycles. The van der Waals surface area contributed by atoms with Crippen molar-refractivity contribution in [2.24, 2.45) is 5.10 Å². The Balaban J connectivity index is 1.70. The molecule has 1 N–H and O–H groups in total. The van der Waals surface area contributed by atoms with Gasteiger partial charge in [0.15, 0.2) is 0 Å². The zero-order valence-corrected chi connectivity index (χ0v) is 12.7. The lowest BCUT2D eigenvalue weighted by Crippen LogP contribution is -2.08. The summed E-state index contributed by atoms with van der Waals surface area (Å²) in [4.78, 5) is 6.58. The predicted octanol–water partition coefficient (Wildman–Crippen LogP) is 3.75. The van der Waals surface area contributed by atoms with Crippen molar-refractivity contribution in [3.05, 3.63) is 66.2 Å². The number of hydrogen-bond donors (Lipinski definition) is 1. The lowest BCUT2D eigenvalue weighted by atomic mass is 10.2. The van der Waals surface area contributed by atoms with Gasteiger partial charge in [-0.3, -0.25) is 5.43 Å². The molecular formula is C18H18N4. The van der Waals surface area contributed by atoms with Crippen LogP contribution in [0.2, 0.25) is 0 Å². The molecule has 0 saturated carbocycles. The number of aromatic nitrogens is 1. The fourth-order valence-corrected chi connectivity index (χ4v) is 2.16. The maximum atomic E-state index is 4.51. The van der Waals surface area contributed by atoms with E-state index in [0.29, 0.717) is 0 Å². The average molecular weight is 290 g/mol. The summed E-state index contributed by atoms with van der Waals surface area (Å²) in [5.41, 5.74) is 6.14. The summed E-state index contributed by atoms with van der Waals surface area (Å²) >= 11 is 0. The summed E-state index contributed by atoms with van der Waals surface area (Å²) in [5.74, 6) is 0.736. The molecule has 0 bridgehead atoms. The Morgan fingerprint density at radius 3 is 2.50 bits per heavy atom. The Hall–Kier alpha value is -2.88. The van der Waals surface area contributed by atoms with Crippen LogP contribution in [0.3, 0.4) is 0 Å². The van der Waals surface area contributed by atoms with Gasteiger partial charge in [-0.2, -0.15) is 5.10 Å². The number of benzene rings is 2. The topological polar surface area (TPSA) is 40.5 Å². The second kappa shape index (κ2) is 6.26. The van der Waals surface area contributed by atoms with Crippen LogP contribution in [0.25, 0.3) is 10.9 Å². The molecule has 3 aromatic rings. The molecule has 0 aliphatic carbocycles. The monoisotopic (exact) mass is 290 g/mol. The standard InChI is InChI=1S/C18H18N4/c1-22(2)16-10-7-14(8-11-16)13-19-21-18-12-9-15-5-3-4-6-17(15)20-18/h3-13H,1-2H3,(H,20,21). The molecular weight excluding hydrogens is 272 g/mol. The minimum absolute atomic E-state index is 0.736. The first-order valence-corrected chi connectivity index (χ1v) is 7.15. The summed E-state index contributed by atoms with van der Waals surface area (Å²) in [6.45, 7) is 0. The Morgan fingerprint density at radius 1 is 0.955 bits per heavy atom. The average Bonchev–Trinajstić information content (AvgIpc) is 2.55. The minimum atomic E-state index is 0.736. The zero-order chi connectivity index (χ0) is 15.4. The molecule has 4 heteroatoms. The van der Waals surface area contributed by atoms with E-state index in [1.54, 1.807) is 6.21 Å². The summed E-state index contributed by atoms with van der Waals surface area (Å²) < 4.78 is 0. The van der Waals surface area contributed by atoms with Gasteiger partial charge in [-0.25, -0.2) is 4.98 Å². The Morgan fingerprint density at radius 2 is 1.73 bits per heavy atom. The van der Waals surface area contributed by atoms with E-state index in [0.717, 1.165) is 22.3 Å². The number of nitrogens with one attached hydrogen (secondary N) is 1. The quantitative estimate of drug-likeness (QED) is 0.587. The SMILES string of the molecule is CN(C)c1ccc(C=NNc2ccc3ccccc3n2)cc1. The van der Waals surface area contributed by atoms with Gasteiger partial charge in [0.05, 0.1) is 11.7 Å².